The van der Waals surface area contributed by atoms with E-state index in [1.54, 1.807) is 17.0 Å². The minimum atomic E-state index is -0.615. The van der Waals surface area contributed by atoms with Gasteiger partial charge in [0.1, 0.15) is 23.9 Å². The Hall–Kier alpha value is -3.00. The normalized spacial score (nSPS) is 16.6. The molecule has 0 aromatic heterocycles. The Morgan fingerprint density at radius 3 is 2.67 bits per heavy atom. The molecule has 4 rings (SSSR count). The summed E-state index contributed by atoms with van der Waals surface area (Å²) in [6.45, 7) is 1.79. The molecule has 0 saturated carbocycles. The minimum Gasteiger partial charge on any atom is -0.448 e. The number of carbonyl (C=O) groups excluding carboxylic acids is 1. The van der Waals surface area contributed by atoms with Gasteiger partial charge in [-0.3, -0.25) is 0 Å². The van der Waals surface area contributed by atoms with Gasteiger partial charge in [-0.05, 0) is 24.3 Å². The first kappa shape index (κ1) is 21.7. The molecule has 30 heavy (non-hydrogen) atoms. The van der Waals surface area contributed by atoms with E-state index in [4.69, 9.17) is 10.5 Å². The average molecular weight is 434 g/mol. The molecule has 1 amide bonds. The Balaban J connectivity index is 0.00000256. The highest BCUT2D eigenvalue weighted by Gasteiger charge is 2.39. The number of aliphatic imine (C=N–C) groups is 1. The molecule has 1 saturated heterocycles. The molecular formula is C21H25ClFN5O2. The summed E-state index contributed by atoms with van der Waals surface area (Å²) in [6.07, 6.45) is 0.802. The van der Waals surface area contributed by atoms with Crippen molar-refractivity contribution < 1.29 is 13.9 Å². The number of rotatable bonds is 4. The highest BCUT2D eigenvalue weighted by Crippen LogP contribution is 2.35. The number of amides is 1. The van der Waals surface area contributed by atoms with Gasteiger partial charge in [0.25, 0.3) is 0 Å². The van der Waals surface area contributed by atoms with Crippen LogP contribution in [0.4, 0.5) is 20.6 Å². The molecule has 0 atom stereocenters. The van der Waals surface area contributed by atoms with Crippen LogP contribution in [-0.4, -0.2) is 48.7 Å². The van der Waals surface area contributed by atoms with Crippen molar-refractivity contribution in [1.29, 1.82) is 0 Å². The fourth-order valence-corrected chi connectivity index (χ4v) is 3.73. The maximum atomic E-state index is 14.0. The van der Waals surface area contributed by atoms with Crippen LogP contribution >= 0.6 is 12.4 Å². The molecule has 1 fully saturated rings. The van der Waals surface area contributed by atoms with Crippen molar-refractivity contribution >= 4 is 35.7 Å². The molecule has 1 spiro atoms. The van der Waals surface area contributed by atoms with Crippen molar-refractivity contribution in [1.82, 2.24) is 4.90 Å². The molecule has 0 bridgehead atoms. The first-order chi connectivity index (χ1) is 14.1. The topological polar surface area (TPSA) is 92.0 Å². The number of piperidine rings is 1. The Bertz CT molecular complexity index is 917. The summed E-state index contributed by atoms with van der Waals surface area (Å²) in [5.74, 6) is -0.198. The van der Waals surface area contributed by atoms with E-state index in [2.05, 4.69) is 15.6 Å². The van der Waals surface area contributed by atoms with Crippen LogP contribution < -0.4 is 16.4 Å². The van der Waals surface area contributed by atoms with Gasteiger partial charge < -0.3 is 26.0 Å². The molecule has 2 aromatic carbocycles. The number of hydrogen-bond acceptors (Lipinski definition) is 6. The van der Waals surface area contributed by atoms with Crippen LogP contribution in [0.5, 0.6) is 0 Å². The second kappa shape index (κ2) is 9.21. The second-order valence-corrected chi connectivity index (χ2v) is 7.21. The third kappa shape index (κ3) is 4.59. The number of nitrogens with zero attached hydrogens (tertiary/aromatic N) is 2. The average Bonchev–Trinajstić information content (AvgIpc) is 2.72. The Labute approximate surface area is 180 Å². The molecule has 0 aliphatic carbocycles. The van der Waals surface area contributed by atoms with Crippen LogP contribution in [0.1, 0.15) is 18.4 Å². The zero-order chi connectivity index (χ0) is 20.3. The number of nitrogens with two attached hydrogens (primary N) is 1. The number of carbonyl (C=O) groups is 1. The first-order valence-electron chi connectivity index (χ1n) is 9.69. The standard InChI is InChI=1S/C21H24FN5O2.ClH/c22-16-7-4-8-17-18(16)19(23)26-21(25-17)9-12-27(13-10-21)20(28)29-14-11-24-15-5-2-1-3-6-15;/h1-8,24-25H,9-14H2,(H2,23,26);1H. The van der Waals surface area contributed by atoms with Gasteiger partial charge in [-0.25, -0.2) is 14.2 Å². The van der Waals surface area contributed by atoms with E-state index in [-0.39, 0.29) is 30.9 Å². The predicted molar refractivity (Wildman–Crippen MR) is 118 cm³/mol. The Morgan fingerprint density at radius 1 is 1.20 bits per heavy atom. The van der Waals surface area contributed by atoms with Crippen molar-refractivity contribution in [2.24, 2.45) is 10.7 Å². The lowest BCUT2D eigenvalue weighted by atomic mass is 9.94. The molecule has 2 aliphatic rings. The molecule has 0 radical (unpaired) electrons. The molecule has 7 nitrogen and oxygen atoms in total. The van der Waals surface area contributed by atoms with E-state index < -0.39 is 11.5 Å². The third-order valence-electron chi connectivity index (χ3n) is 5.25. The van der Waals surface area contributed by atoms with Crippen molar-refractivity contribution in [3.63, 3.8) is 0 Å². The van der Waals surface area contributed by atoms with Gasteiger partial charge in [0, 0.05) is 43.9 Å². The summed E-state index contributed by atoms with van der Waals surface area (Å²) < 4.78 is 19.4. The fourth-order valence-electron chi connectivity index (χ4n) is 3.73. The van der Waals surface area contributed by atoms with Crippen molar-refractivity contribution in [2.75, 3.05) is 36.9 Å². The van der Waals surface area contributed by atoms with Crippen LogP contribution in [0, 0.1) is 5.82 Å². The Morgan fingerprint density at radius 2 is 1.93 bits per heavy atom. The third-order valence-corrected chi connectivity index (χ3v) is 5.25. The first-order valence-corrected chi connectivity index (χ1v) is 9.69. The summed E-state index contributed by atoms with van der Waals surface area (Å²) in [5.41, 5.74) is 7.35. The van der Waals surface area contributed by atoms with Gasteiger partial charge in [0.15, 0.2) is 0 Å². The van der Waals surface area contributed by atoms with Gasteiger partial charge in [-0.2, -0.15) is 0 Å². The number of nitrogens with one attached hydrogen (secondary N) is 2. The number of ether oxygens (including phenoxy) is 1. The minimum absolute atomic E-state index is 0. The number of para-hydroxylation sites is 1. The van der Waals surface area contributed by atoms with Gasteiger partial charge in [0.2, 0.25) is 0 Å². The number of halogens is 2. The molecule has 4 N–H and O–H groups in total. The maximum absolute atomic E-state index is 14.0. The molecule has 9 heteroatoms. The molecule has 0 unspecified atom stereocenters. The summed E-state index contributed by atoms with van der Waals surface area (Å²) in [6, 6.07) is 14.6. The van der Waals surface area contributed by atoms with Crippen molar-refractivity contribution in [3.05, 3.63) is 59.9 Å². The fraction of sp³-hybridized carbons (Fsp3) is 0.333. The van der Waals surface area contributed by atoms with Crippen LogP contribution in [0.25, 0.3) is 0 Å². The van der Waals surface area contributed by atoms with E-state index in [0.717, 1.165) is 5.69 Å². The van der Waals surface area contributed by atoms with E-state index in [9.17, 15) is 9.18 Å². The molecule has 2 aromatic rings. The largest absolute Gasteiger partial charge is 0.448 e. The van der Waals surface area contributed by atoms with Gasteiger partial charge in [-0.1, -0.05) is 24.3 Å². The zero-order valence-corrected chi connectivity index (χ0v) is 17.3. The van der Waals surface area contributed by atoms with E-state index >= 15 is 0 Å². The lowest BCUT2D eigenvalue weighted by Crippen LogP contribution is -2.52. The summed E-state index contributed by atoms with van der Waals surface area (Å²) in [7, 11) is 0. The summed E-state index contributed by atoms with van der Waals surface area (Å²) in [5, 5.41) is 6.52. The monoisotopic (exact) mass is 433 g/mol. The van der Waals surface area contributed by atoms with Crippen molar-refractivity contribution in [2.45, 2.75) is 18.5 Å². The number of hydrogen-bond donors (Lipinski definition) is 3. The molecule has 160 valence electrons. The molecule has 2 aliphatic heterocycles. The Kier molecular flexibility index (Phi) is 6.66. The van der Waals surface area contributed by atoms with Crippen LogP contribution in [0.2, 0.25) is 0 Å². The zero-order valence-electron chi connectivity index (χ0n) is 16.4. The number of likely N-dealkylation sites (tertiary alicyclic amines) is 1. The number of amidine groups is 1. The maximum Gasteiger partial charge on any atom is 0.409 e. The van der Waals surface area contributed by atoms with Crippen molar-refractivity contribution in [3.8, 4) is 0 Å². The van der Waals surface area contributed by atoms with Crippen LogP contribution in [-0.2, 0) is 4.74 Å². The highest BCUT2D eigenvalue weighted by atomic mass is 35.5. The quantitative estimate of drug-likeness (QED) is 0.642. The lowest BCUT2D eigenvalue weighted by molar-refractivity contribution is 0.0895. The highest BCUT2D eigenvalue weighted by molar-refractivity contribution is 6.04. The van der Waals surface area contributed by atoms with Crippen LogP contribution in [0.15, 0.2) is 53.5 Å². The van der Waals surface area contributed by atoms with Gasteiger partial charge in [-0.15, -0.1) is 12.4 Å². The number of benzene rings is 2. The van der Waals surface area contributed by atoms with E-state index in [1.165, 1.54) is 6.07 Å². The number of fused-ring (bicyclic) bond motifs is 1. The van der Waals surface area contributed by atoms with E-state index in [1.807, 2.05) is 30.3 Å². The summed E-state index contributed by atoms with van der Waals surface area (Å²) >= 11 is 0. The predicted octanol–water partition coefficient (Wildman–Crippen LogP) is 3.42. The lowest BCUT2D eigenvalue weighted by Gasteiger charge is -2.42. The smallest absolute Gasteiger partial charge is 0.409 e. The van der Waals surface area contributed by atoms with Gasteiger partial charge in [0.05, 0.1) is 5.56 Å². The van der Waals surface area contributed by atoms with Crippen LogP contribution in [0.3, 0.4) is 0 Å². The van der Waals surface area contributed by atoms with Gasteiger partial charge >= 0.3 is 6.09 Å². The second-order valence-electron chi connectivity index (χ2n) is 7.21. The molecule has 2 heterocycles. The summed E-state index contributed by atoms with van der Waals surface area (Å²) in [4.78, 5) is 18.5. The van der Waals surface area contributed by atoms with E-state index in [0.29, 0.717) is 43.7 Å². The SMILES string of the molecule is Cl.NC1=NC2(CCN(C(=O)OCCNc3ccccc3)CC2)Nc2cccc(F)c21. The number of anilines is 2. The molecular weight excluding hydrogens is 409 g/mol.